The quantitative estimate of drug-likeness (QED) is 0.475. The number of fused-ring (bicyclic) bond motifs is 1. The number of aryl methyl sites for hydroxylation is 1. The van der Waals surface area contributed by atoms with Gasteiger partial charge in [0.25, 0.3) is 11.6 Å². The molecule has 5 rings (SSSR count). The molecular formula is C25H25N5O2. The summed E-state index contributed by atoms with van der Waals surface area (Å²) in [5.41, 5.74) is 2.96. The number of anilines is 1. The lowest BCUT2D eigenvalue weighted by Gasteiger charge is -2.35. The van der Waals surface area contributed by atoms with Crippen molar-refractivity contribution in [2.24, 2.45) is 0 Å². The van der Waals surface area contributed by atoms with E-state index >= 15 is 0 Å². The minimum atomic E-state index is 0.0692. The average molecular weight is 428 g/mol. The van der Waals surface area contributed by atoms with E-state index in [1.807, 2.05) is 65.6 Å². The second-order valence-corrected chi connectivity index (χ2v) is 7.94. The number of aromatic nitrogens is 3. The Bertz CT molecular complexity index is 1220. The molecule has 0 N–H and O–H groups in total. The Morgan fingerprint density at radius 2 is 1.62 bits per heavy atom. The zero-order valence-electron chi connectivity index (χ0n) is 18.1. The Hall–Kier alpha value is -3.74. The van der Waals surface area contributed by atoms with E-state index < -0.39 is 0 Å². The molecule has 1 aliphatic heterocycles. The summed E-state index contributed by atoms with van der Waals surface area (Å²) in [6.07, 6.45) is 1.72. The van der Waals surface area contributed by atoms with Crippen LogP contribution < -0.4 is 4.90 Å². The smallest absolute Gasteiger partial charge is 0.263 e. The number of rotatable bonds is 5. The lowest BCUT2D eigenvalue weighted by Crippen LogP contribution is -2.49. The number of hydrogen-bond acceptors (Lipinski definition) is 6. The van der Waals surface area contributed by atoms with Crippen LogP contribution in [0, 0.1) is 0 Å². The normalized spacial score (nSPS) is 14.2. The van der Waals surface area contributed by atoms with Gasteiger partial charge in [-0.25, -0.2) is 4.98 Å². The number of amides is 1. The third-order valence-corrected chi connectivity index (χ3v) is 5.77. The summed E-state index contributed by atoms with van der Waals surface area (Å²) in [7, 11) is 0. The van der Waals surface area contributed by atoms with Gasteiger partial charge in [-0.15, -0.1) is 0 Å². The van der Waals surface area contributed by atoms with Gasteiger partial charge in [-0.1, -0.05) is 60.6 Å². The molecule has 1 fully saturated rings. The Morgan fingerprint density at radius 1 is 0.938 bits per heavy atom. The van der Waals surface area contributed by atoms with Crippen molar-refractivity contribution in [1.29, 1.82) is 0 Å². The molecule has 1 saturated heterocycles. The van der Waals surface area contributed by atoms with Crippen LogP contribution in [0.25, 0.3) is 22.4 Å². The van der Waals surface area contributed by atoms with Crippen LogP contribution in [0.3, 0.4) is 0 Å². The fourth-order valence-electron chi connectivity index (χ4n) is 4.12. The molecule has 4 aromatic rings. The van der Waals surface area contributed by atoms with Gasteiger partial charge in [-0.05, 0) is 18.6 Å². The first-order valence-electron chi connectivity index (χ1n) is 11.1. The van der Waals surface area contributed by atoms with Gasteiger partial charge in [0.15, 0.2) is 0 Å². The van der Waals surface area contributed by atoms with Crippen LogP contribution in [0.1, 0.15) is 29.5 Å². The van der Waals surface area contributed by atoms with Crippen LogP contribution in [-0.2, 0) is 6.42 Å². The predicted molar refractivity (Wildman–Crippen MR) is 124 cm³/mol. The fourth-order valence-corrected chi connectivity index (χ4v) is 4.12. The van der Waals surface area contributed by atoms with Gasteiger partial charge >= 0.3 is 0 Å². The van der Waals surface area contributed by atoms with Crippen molar-refractivity contribution < 1.29 is 9.32 Å². The van der Waals surface area contributed by atoms with Crippen LogP contribution in [0.5, 0.6) is 0 Å². The first kappa shape index (κ1) is 20.2. The van der Waals surface area contributed by atoms with Crippen molar-refractivity contribution in [3.8, 4) is 11.3 Å². The molecular weight excluding hydrogens is 402 g/mol. The van der Waals surface area contributed by atoms with E-state index in [0.717, 1.165) is 46.7 Å². The summed E-state index contributed by atoms with van der Waals surface area (Å²) >= 11 is 0. The molecule has 1 aliphatic rings. The van der Waals surface area contributed by atoms with Gasteiger partial charge in [0, 0.05) is 43.7 Å². The first-order valence-corrected chi connectivity index (χ1v) is 11.1. The number of benzene rings is 2. The van der Waals surface area contributed by atoms with Crippen LogP contribution >= 0.6 is 0 Å². The fraction of sp³-hybridized carbons (Fsp3) is 0.280. The highest BCUT2D eigenvalue weighted by atomic mass is 16.5. The molecule has 0 bridgehead atoms. The SMILES string of the molecule is CCCc1nc(N2CCN(C(=O)c3ccccc3)CC2)c2c(-c3ccccc3)noc2n1. The Labute approximate surface area is 186 Å². The van der Waals surface area contributed by atoms with E-state index in [1.165, 1.54) is 0 Å². The summed E-state index contributed by atoms with van der Waals surface area (Å²) in [5, 5.41) is 5.17. The van der Waals surface area contributed by atoms with Crippen LogP contribution in [0.4, 0.5) is 5.82 Å². The van der Waals surface area contributed by atoms with Crippen molar-refractivity contribution in [3.05, 3.63) is 72.1 Å². The van der Waals surface area contributed by atoms with Crippen molar-refractivity contribution in [2.45, 2.75) is 19.8 Å². The third-order valence-electron chi connectivity index (χ3n) is 5.77. The number of piperazine rings is 1. The van der Waals surface area contributed by atoms with E-state index in [9.17, 15) is 4.79 Å². The second-order valence-electron chi connectivity index (χ2n) is 7.94. The topological polar surface area (TPSA) is 75.4 Å². The number of carbonyl (C=O) groups is 1. The molecule has 0 saturated carbocycles. The monoisotopic (exact) mass is 427 g/mol. The van der Waals surface area contributed by atoms with Gasteiger partial charge in [0.1, 0.15) is 22.7 Å². The molecule has 7 nitrogen and oxygen atoms in total. The lowest BCUT2D eigenvalue weighted by atomic mass is 10.1. The highest BCUT2D eigenvalue weighted by Crippen LogP contribution is 2.34. The van der Waals surface area contributed by atoms with Gasteiger partial charge in [0.05, 0.1) is 0 Å². The van der Waals surface area contributed by atoms with Gasteiger partial charge in [-0.3, -0.25) is 4.79 Å². The van der Waals surface area contributed by atoms with E-state index in [-0.39, 0.29) is 5.91 Å². The van der Waals surface area contributed by atoms with E-state index in [2.05, 4.69) is 22.0 Å². The molecule has 0 atom stereocenters. The third kappa shape index (κ3) is 3.82. The minimum absolute atomic E-state index is 0.0692. The molecule has 162 valence electrons. The maximum Gasteiger partial charge on any atom is 0.263 e. The predicted octanol–water partition coefficient (Wildman–Crippen LogP) is 4.20. The molecule has 0 radical (unpaired) electrons. The maximum absolute atomic E-state index is 12.8. The average Bonchev–Trinajstić information content (AvgIpc) is 3.29. The molecule has 3 heterocycles. The van der Waals surface area contributed by atoms with E-state index in [1.54, 1.807) is 0 Å². The standard InChI is InChI=1S/C25H25N5O2/c1-2-9-20-26-23(21-22(28-32-24(21)27-20)18-10-5-3-6-11-18)29-14-16-30(17-15-29)25(31)19-12-7-4-8-13-19/h3-8,10-13H,2,9,14-17H2,1H3. The Balaban J connectivity index is 1.47. The lowest BCUT2D eigenvalue weighted by molar-refractivity contribution is 0.0746. The zero-order valence-corrected chi connectivity index (χ0v) is 18.1. The van der Waals surface area contributed by atoms with Crippen molar-refractivity contribution in [2.75, 3.05) is 31.1 Å². The zero-order chi connectivity index (χ0) is 21.9. The summed E-state index contributed by atoms with van der Waals surface area (Å²) in [5.74, 6) is 1.67. The molecule has 0 spiro atoms. The molecule has 0 unspecified atom stereocenters. The van der Waals surface area contributed by atoms with Crippen molar-refractivity contribution >= 4 is 22.8 Å². The molecule has 0 aliphatic carbocycles. The van der Waals surface area contributed by atoms with Crippen LogP contribution in [0.15, 0.2) is 65.2 Å². The van der Waals surface area contributed by atoms with Crippen LogP contribution in [-0.4, -0.2) is 52.1 Å². The molecule has 32 heavy (non-hydrogen) atoms. The number of carbonyl (C=O) groups excluding carboxylic acids is 1. The van der Waals surface area contributed by atoms with Gasteiger partial charge in [-0.2, -0.15) is 4.98 Å². The molecule has 7 heteroatoms. The van der Waals surface area contributed by atoms with E-state index in [0.29, 0.717) is 31.9 Å². The largest absolute Gasteiger partial charge is 0.352 e. The highest BCUT2D eigenvalue weighted by molar-refractivity contribution is 5.98. The minimum Gasteiger partial charge on any atom is -0.352 e. The maximum atomic E-state index is 12.8. The first-order chi connectivity index (χ1) is 15.7. The molecule has 2 aromatic heterocycles. The summed E-state index contributed by atoms with van der Waals surface area (Å²) < 4.78 is 5.65. The summed E-state index contributed by atoms with van der Waals surface area (Å²) in [4.78, 5) is 26.5. The molecule has 1 amide bonds. The Morgan fingerprint density at radius 3 is 2.31 bits per heavy atom. The second kappa shape index (κ2) is 8.78. The Kier molecular flexibility index (Phi) is 5.54. The van der Waals surface area contributed by atoms with Gasteiger partial charge < -0.3 is 14.3 Å². The summed E-state index contributed by atoms with van der Waals surface area (Å²) in [6, 6.07) is 19.4. The summed E-state index contributed by atoms with van der Waals surface area (Å²) in [6.45, 7) is 4.75. The van der Waals surface area contributed by atoms with E-state index in [4.69, 9.17) is 9.51 Å². The molecule has 2 aromatic carbocycles. The van der Waals surface area contributed by atoms with Crippen molar-refractivity contribution in [3.63, 3.8) is 0 Å². The number of nitrogens with zero attached hydrogens (tertiary/aromatic N) is 5. The van der Waals surface area contributed by atoms with Crippen molar-refractivity contribution in [1.82, 2.24) is 20.0 Å². The van der Waals surface area contributed by atoms with Gasteiger partial charge in [0.2, 0.25) is 0 Å². The highest BCUT2D eigenvalue weighted by Gasteiger charge is 2.27. The van der Waals surface area contributed by atoms with Crippen LogP contribution in [0.2, 0.25) is 0 Å². The number of hydrogen-bond donors (Lipinski definition) is 0.